The lowest BCUT2D eigenvalue weighted by Gasteiger charge is -2.11. The van der Waals surface area contributed by atoms with Gasteiger partial charge in [-0.05, 0) is 24.6 Å². The van der Waals surface area contributed by atoms with E-state index in [2.05, 4.69) is 0 Å². The minimum absolute atomic E-state index is 0.0698. The van der Waals surface area contributed by atoms with E-state index in [0.29, 0.717) is 11.1 Å². The van der Waals surface area contributed by atoms with Crippen LogP contribution < -0.4 is 0 Å². The van der Waals surface area contributed by atoms with Gasteiger partial charge in [0.2, 0.25) is 6.10 Å². The highest BCUT2D eigenvalue weighted by Gasteiger charge is 2.41. The van der Waals surface area contributed by atoms with Crippen LogP contribution in [0.1, 0.15) is 22.8 Å². The van der Waals surface area contributed by atoms with E-state index in [0.717, 1.165) is 10.5 Å². The summed E-state index contributed by atoms with van der Waals surface area (Å²) in [5.41, 5.74) is 2.37. The molecule has 1 aliphatic heterocycles. The molecule has 5 heteroatoms. The lowest BCUT2D eigenvalue weighted by molar-refractivity contribution is -0.130. The number of imide groups is 1. The Balaban J connectivity index is 1.79. The molecular weight excluding hydrogens is 285 g/mol. The van der Waals surface area contributed by atoms with Crippen molar-refractivity contribution in [1.82, 2.24) is 4.90 Å². The van der Waals surface area contributed by atoms with Crippen LogP contribution >= 0.6 is 0 Å². The average Bonchev–Trinajstić information content (AvgIpc) is 2.78. The molecule has 1 unspecified atom stereocenters. The van der Waals surface area contributed by atoms with Gasteiger partial charge in [-0.1, -0.05) is 42.0 Å². The summed E-state index contributed by atoms with van der Waals surface area (Å²) in [6.07, 6.45) is -1.59. The van der Waals surface area contributed by atoms with E-state index in [9.17, 15) is 14.0 Å². The molecule has 1 aliphatic rings. The molecule has 1 atom stereocenters. The number of carbonyl (C=O) groups excluding carboxylic acids is 2. The van der Waals surface area contributed by atoms with E-state index in [1.165, 1.54) is 24.3 Å². The van der Waals surface area contributed by atoms with Crippen molar-refractivity contribution in [1.29, 1.82) is 0 Å². The maximum absolute atomic E-state index is 12.9. The molecule has 0 aromatic heterocycles. The highest BCUT2D eigenvalue weighted by atomic mass is 19.1. The van der Waals surface area contributed by atoms with Crippen LogP contribution in [0.4, 0.5) is 9.18 Å². The number of hydrogen-bond donors (Lipinski definition) is 0. The normalized spacial score (nSPS) is 17.7. The average molecular weight is 299 g/mol. The van der Waals surface area contributed by atoms with Gasteiger partial charge in [-0.2, -0.15) is 0 Å². The Labute approximate surface area is 127 Å². The summed E-state index contributed by atoms with van der Waals surface area (Å²) in [6, 6.07) is 12.9. The number of aryl methyl sites for hydroxylation is 1. The van der Waals surface area contributed by atoms with Gasteiger partial charge in [-0.15, -0.1) is 0 Å². The Morgan fingerprint density at radius 3 is 2.32 bits per heavy atom. The molecule has 22 heavy (non-hydrogen) atoms. The lowest BCUT2D eigenvalue weighted by Crippen LogP contribution is -2.29. The molecule has 1 heterocycles. The van der Waals surface area contributed by atoms with Gasteiger partial charge in [0.1, 0.15) is 5.82 Å². The molecule has 0 bridgehead atoms. The first-order chi connectivity index (χ1) is 10.5. The molecule has 2 amide bonds. The van der Waals surface area contributed by atoms with Crippen molar-refractivity contribution in [2.24, 2.45) is 0 Å². The lowest BCUT2D eigenvalue weighted by atomic mass is 10.1. The van der Waals surface area contributed by atoms with Crippen molar-refractivity contribution in [2.75, 3.05) is 0 Å². The molecule has 2 aromatic rings. The Morgan fingerprint density at radius 2 is 1.68 bits per heavy atom. The van der Waals surface area contributed by atoms with Crippen LogP contribution in [0.15, 0.2) is 48.5 Å². The highest BCUT2D eigenvalue weighted by molar-refractivity contribution is 6.00. The van der Waals surface area contributed by atoms with Crippen molar-refractivity contribution in [3.05, 3.63) is 71.0 Å². The number of ether oxygens (including phenoxy) is 1. The third kappa shape index (κ3) is 2.70. The van der Waals surface area contributed by atoms with Crippen LogP contribution in [0.2, 0.25) is 0 Å². The minimum atomic E-state index is -0.909. The maximum Gasteiger partial charge on any atom is 0.418 e. The molecule has 0 radical (unpaired) electrons. The first-order valence-electron chi connectivity index (χ1n) is 6.87. The SMILES string of the molecule is Cc1ccc(C2OC(=O)N(Cc3ccc(F)cc3)C2=O)cc1. The van der Waals surface area contributed by atoms with Gasteiger partial charge in [-0.25, -0.2) is 14.1 Å². The number of carbonyl (C=O) groups is 2. The maximum atomic E-state index is 12.9. The smallest absolute Gasteiger partial charge is 0.418 e. The third-order valence-corrected chi connectivity index (χ3v) is 3.56. The Morgan fingerprint density at radius 1 is 1.05 bits per heavy atom. The summed E-state index contributed by atoms with van der Waals surface area (Å²) >= 11 is 0. The molecule has 1 fully saturated rings. The van der Waals surface area contributed by atoms with Crippen LogP contribution in [0, 0.1) is 12.7 Å². The standard InChI is InChI=1S/C17H14FNO3/c1-11-2-6-13(7-3-11)15-16(20)19(17(21)22-15)10-12-4-8-14(18)9-5-12/h2-9,15H,10H2,1H3. The topological polar surface area (TPSA) is 46.6 Å². The molecule has 4 nitrogen and oxygen atoms in total. The summed E-state index contributed by atoms with van der Waals surface area (Å²) in [4.78, 5) is 25.3. The summed E-state index contributed by atoms with van der Waals surface area (Å²) < 4.78 is 18.1. The minimum Gasteiger partial charge on any atom is -0.431 e. The van der Waals surface area contributed by atoms with Crippen LogP contribution in [-0.2, 0) is 16.1 Å². The van der Waals surface area contributed by atoms with Crippen molar-refractivity contribution in [2.45, 2.75) is 19.6 Å². The Hall–Kier alpha value is -2.69. The van der Waals surface area contributed by atoms with Crippen molar-refractivity contribution < 1.29 is 18.7 Å². The fourth-order valence-electron chi connectivity index (χ4n) is 2.31. The fraction of sp³-hybridized carbons (Fsp3) is 0.176. The second-order valence-corrected chi connectivity index (χ2v) is 5.23. The van der Waals surface area contributed by atoms with Crippen LogP contribution in [0.5, 0.6) is 0 Å². The number of cyclic esters (lactones) is 1. The number of halogens is 1. The first kappa shape index (κ1) is 14.3. The summed E-state index contributed by atoms with van der Waals surface area (Å²) in [6.45, 7) is 2.01. The number of hydrogen-bond acceptors (Lipinski definition) is 3. The molecular formula is C17H14FNO3. The van der Waals surface area contributed by atoms with Crippen molar-refractivity contribution >= 4 is 12.0 Å². The zero-order chi connectivity index (χ0) is 15.7. The molecule has 0 aliphatic carbocycles. The van der Waals surface area contributed by atoms with Gasteiger partial charge in [-0.3, -0.25) is 4.79 Å². The van der Waals surface area contributed by atoms with Crippen molar-refractivity contribution in [3.8, 4) is 0 Å². The van der Waals surface area contributed by atoms with E-state index in [1.807, 2.05) is 19.1 Å². The summed E-state index contributed by atoms with van der Waals surface area (Å²) in [5.74, 6) is -0.769. The zero-order valence-corrected chi connectivity index (χ0v) is 12.0. The molecule has 0 saturated carbocycles. The number of nitrogens with zero attached hydrogens (tertiary/aromatic N) is 1. The highest BCUT2D eigenvalue weighted by Crippen LogP contribution is 2.28. The second kappa shape index (κ2) is 5.60. The van der Waals surface area contributed by atoms with E-state index in [-0.39, 0.29) is 12.4 Å². The quantitative estimate of drug-likeness (QED) is 0.873. The predicted octanol–water partition coefficient (Wildman–Crippen LogP) is 3.35. The molecule has 2 aromatic carbocycles. The van der Waals surface area contributed by atoms with Gasteiger partial charge in [0.25, 0.3) is 5.91 Å². The van der Waals surface area contributed by atoms with E-state index < -0.39 is 18.1 Å². The summed E-state index contributed by atoms with van der Waals surface area (Å²) in [7, 11) is 0. The van der Waals surface area contributed by atoms with Crippen molar-refractivity contribution in [3.63, 3.8) is 0 Å². The van der Waals surface area contributed by atoms with E-state index in [1.54, 1.807) is 12.1 Å². The Bertz CT molecular complexity index is 710. The molecule has 0 N–H and O–H groups in total. The van der Waals surface area contributed by atoms with Gasteiger partial charge < -0.3 is 4.74 Å². The zero-order valence-electron chi connectivity index (χ0n) is 12.0. The van der Waals surface area contributed by atoms with Gasteiger partial charge >= 0.3 is 6.09 Å². The largest absolute Gasteiger partial charge is 0.431 e. The fourth-order valence-corrected chi connectivity index (χ4v) is 2.31. The predicted molar refractivity (Wildman–Crippen MR) is 77.4 cm³/mol. The molecule has 0 spiro atoms. The number of benzene rings is 2. The Kier molecular flexibility index (Phi) is 3.63. The van der Waals surface area contributed by atoms with Crippen LogP contribution in [-0.4, -0.2) is 16.9 Å². The van der Waals surface area contributed by atoms with Gasteiger partial charge in [0.05, 0.1) is 6.54 Å². The number of amides is 2. The van der Waals surface area contributed by atoms with Crippen LogP contribution in [0.3, 0.4) is 0 Å². The molecule has 3 rings (SSSR count). The molecule has 112 valence electrons. The van der Waals surface area contributed by atoms with E-state index in [4.69, 9.17) is 4.74 Å². The van der Waals surface area contributed by atoms with E-state index >= 15 is 0 Å². The number of rotatable bonds is 3. The van der Waals surface area contributed by atoms with Gasteiger partial charge in [0.15, 0.2) is 0 Å². The molecule has 1 saturated heterocycles. The monoisotopic (exact) mass is 299 g/mol. The van der Waals surface area contributed by atoms with Gasteiger partial charge in [0, 0.05) is 5.56 Å². The third-order valence-electron chi connectivity index (χ3n) is 3.56. The summed E-state index contributed by atoms with van der Waals surface area (Å²) in [5, 5.41) is 0. The van der Waals surface area contributed by atoms with Crippen LogP contribution in [0.25, 0.3) is 0 Å². The first-order valence-corrected chi connectivity index (χ1v) is 6.87. The second-order valence-electron chi connectivity index (χ2n) is 5.23.